The number of hydrogen-bond donors (Lipinski definition) is 1. The topological polar surface area (TPSA) is 72.7 Å². The van der Waals surface area contributed by atoms with Crippen LogP contribution in [0.3, 0.4) is 0 Å². The molecular weight excluding hydrogens is 382 g/mol. The van der Waals surface area contributed by atoms with Crippen LogP contribution in [0.15, 0.2) is 29.6 Å². The van der Waals surface area contributed by atoms with Gasteiger partial charge in [0.1, 0.15) is 22.4 Å². The molecule has 0 spiro atoms. The van der Waals surface area contributed by atoms with Crippen molar-refractivity contribution in [1.82, 2.24) is 25.1 Å². The second kappa shape index (κ2) is 8.19. The number of benzene rings is 1. The Bertz CT molecular complexity index is 934. The highest BCUT2D eigenvalue weighted by Gasteiger charge is 2.15. The molecule has 3 aromatic rings. The number of nitrogens with one attached hydrogen (secondary N) is 1. The van der Waals surface area contributed by atoms with Crippen LogP contribution < -0.4 is 5.32 Å². The molecule has 3 heterocycles. The number of rotatable bonds is 5. The van der Waals surface area contributed by atoms with Crippen molar-refractivity contribution in [2.45, 2.75) is 38.6 Å². The van der Waals surface area contributed by atoms with Gasteiger partial charge in [-0.2, -0.15) is 0 Å². The second-order valence-corrected chi connectivity index (χ2v) is 7.84. The van der Waals surface area contributed by atoms with E-state index in [1.807, 2.05) is 24.3 Å². The summed E-state index contributed by atoms with van der Waals surface area (Å²) in [5.74, 6) is 1.86. The maximum atomic E-state index is 12.4. The van der Waals surface area contributed by atoms with Gasteiger partial charge >= 0.3 is 0 Å². The summed E-state index contributed by atoms with van der Waals surface area (Å²) in [4.78, 5) is 16.8. The van der Waals surface area contributed by atoms with Crippen molar-refractivity contribution in [2.24, 2.45) is 0 Å². The number of amides is 1. The van der Waals surface area contributed by atoms with Gasteiger partial charge < -0.3 is 9.88 Å². The van der Waals surface area contributed by atoms with Crippen LogP contribution in [0.1, 0.15) is 41.4 Å². The second-order valence-electron chi connectivity index (χ2n) is 6.55. The third kappa shape index (κ3) is 4.20. The smallest absolute Gasteiger partial charge is 0.270 e. The maximum Gasteiger partial charge on any atom is 0.270 e. The van der Waals surface area contributed by atoms with Crippen LogP contribution >= 0.6 is 22.9 Å². The Hall–Kier alpha value is -2.25. The molecule has 1 aliphatic rings. The monoisotopic (exact) mass is 401 g/mol. The highest BCUT2D eigenvalue weighted by atomic mass is 35.5. The first-order valence-corrected chi connectivity index (χ1v) is 10.4. The molecule has 4 rings (SSSR count). The minimum Gasteiger partial charge on any atom is -0.350 e. The van der Waals surface area contributed by atoms with Crippen molar-refractivity contribution in [3.63, 3.8) is 0 Å². The van der Waals surface area contributed by atoms with E-state index >= 15 is 0 Å². The van der Waals surface area contributed by atoms with Gasteiger partial charge in [0.2, 0.25) is 0 Å². The SMILES string of the molecule is O=C(NCCc1nnc2n1CCCCC2)c1csc(-c2ccc(Cl)cc2)n1. The average Bonchev–Trinajstić information content (AvgIpc) is 3.24. The molecule has 1 aromatic carbocycles. The largest absolute Gasteiger partial charge is 0.350 e. The van der Waals surface area contributed by atoms with Crippen LogP contribution in [0.4, 0.5) is 0 Å². The van der Waals surface area contributed by atoms with Gasteiger partial charge in [-0.05, 0) is 25.0 Å². The number of halogens is 1. The fraction of sp³-hybridized carbons (Fsp3) is 0.368. The minimum atomic E-state index is -0.165. The van der Waals surface area contributed by atoms with Crippen LogP contribution in [0.2, 0.25) is 5.02 Å². The number of fused-ring (bicyclic) bond motifs is 1. The molecule has 0 radical (unpaired) electrons. The normalized spacial score (nSPS) is 13.8. The lowest BCUT2D eigenvalue weighted by atomic mass is 10.2. The van der Waals surface area contributed by atoms with Crippen LogP contribution in [-0.4, -0.2) is 32.2 Å². The number of carbonyl (C=O) groups excluding carboxylic acids is 1. The minimum absolute atomic E-state index is 0.165. The van der Waals surface area contributed by atoms with Gasteiger partial charge in [-0.1, -0.05) is 30.2 Å². The summed E-state index contributed by atoms with van der Waals surface area (Å²) < 4.78 is 2.21. The Morgan fingerprint density at radius 3 is 2.89 bits per heavy atom. The van der Waals surface area contributed by atoms with Crippen LogP contribution in [0, 0.1) is 0 Å². The molecule has 0 unspecified atom stereocenters. The molecule has 8 heteroatoms. The highest BCUT2D eigenvalue weighted by molar-refractivity contribution is 7.13. The number of aromatic nitrogens is 4. The lowest BCUT2D eigenvalue weighted by Crippen LogP contribution is -2.26. The summed E-state index contributed by atoms with van der Waals surface area (Å²) in [7, 11) is 0. The third-order valence-corrected chi connectivity index (χ3v) is 5.79. The summed E-state index contributed by atoms with van der Waals surface area (Å²) >= 11 is 7.36. The standard InChI is InChI=1S/C19H20ClN5OS/c20-14-7-5-13(6-8-14)19-22-15(12-27-19)18(26)21-10-9-17-24-23-16-4-2-1-3-11-25(16)17/h5-8,12H,1-4,9-11H2,(H,21,26). The summed E-state index contributed by atoms with van der Waals surface area (Å²) in [5.41, 5.74) is 1.39. The lowest BCUT2D eigenvalue weighted by Gasteiger charge is -2.07. The van der Waals surface area contributed by atoms with Gasteiger partial charge in [0.25, 0.3) is 5.91 Å². The Balaban J connectivity index is 1.35. The van der Waals surface area contributed by atoms with Crippen LogP contribution in [-0.2, 0) is 19.4 Å². The first-order valence-electron chi connectivity index (χ1n) is 9.11. The van der Waals surface area contributed by atoms with Crippen molar-refractivity contribution in [3.05, 3.63) is 52.0 Å². The zero-order chi connectivity index (χ0) is 18.6. The summed E-state index contributed by atoms with van der Waals surface area (Å²) in [5, 5.41) is 14.8. The fourth-order valence-electron chi connectivity index (χ4n) is 3.21. The Labute approximate surface area is 166 Å². The zero-order valence-corrected chi connectivity index (χ0v) is 16.4. The first-order chi connectivity index (χ1) is 13.2. The summed E-state index contributed by atoms with van der Waals surface area (Å²) in [6.45, 7) is 1.49. The van der Waals surface area contributed by atoms with Crippen molar-refractivity contribution >= 4 is 28.8 Å². The molecule has 0 saturated heterocycles. The number of carbonyl (C=O) groups is 1. The molecule has 1 N–H and O–H groups in total. The van der Waals surface area contributed by atoms with E-state index in [2.05, 4.69) is 25.1 Å². The van der Waals surface area contributed by atoms with E-state index in [1.54, 1.807) is 5.38 Å². The molecule has 140 valence electrons. The first kappa shape index (κ1) is 18.1. The molecule has 1 amide bonds. The van der Waals surface area contributed by atoms with E-state index in [4.69, 9.17) is 11.6 Å². The van der Waals surface area contributed by atoms with Crippen molar-refractivity contribution < 1.29 is 4.79 Å². The van der Waals surface area contributed by atoms with Crippen LogP contribution in [0.25, 0.3) is 10.6 Å². The molecule has 0 fully saturated rings. The number of aryl methyl sites for hydroxylation is 1. The molecule has 0 atom stereocenters. The van der Waals surface area contributed by atoms with Gasteiger partial charge in [-0.15, -0.1) is 21.5 Å². The van der Waals surface area contributed by atoms with E-state index in [0.717, 1.165) is 41.6 Å². The lowest BCUT2D eigenvalue weighted by molar-refractivity contribution is 0.0949. The molecule has 2 aromatic heterocycles. The average molecular weight is 402 g/mol. The molecule has 0 bridgehead atoms. The predicted molar refractivity (Wildman–Crippen MR) is 106 cm³/mol. The predicted octanol–water partition coefficient (Wildman–Crippen LogP) is 3.75. The van der Waals surface area contributed by atoms with Gasteiger partial charge in [-0.25, -0.2) is 4.98 Å². The highest BCUT2D eigenvalue weighted by Crippen LogP contribution is 2.25. The van der Waals surface area contributed by atoms with Crippen LogP contribution in [0.5, 0.6) is 0 Å². The molecule has 6 nitrogen and oxygen atoms in total. The Morgan fingerprint density at radius 1 is 1.19 bits per heavy atom. The van der Waals surface area contributed by atoms with Crippen molar-refractivity contribution in [1.29, 1.82) is 0 Å². The summed E-state index contributed by atoms with van der Waals surface area (Å²) in [6, 6.07) is 7.44. The van der Waals surface area contributed by atoms with E-state index < -0.39 is 0 Å². The molecule has 0 saturated carbocycles. The molecule has 27 heavy (non-hydrogen) atoms. The number of hydrogen-bond acceptors (Lipinski definition) is 5. The van der Waals surface area contributed by atoms with Gasteiger partial charge in [0.15, 0.2) is 0 Å². The van der Waals surface area contributed by atoms with Crippen molar-refractivity contribution in [2.75, 3.05) is 6.54 Å². The number of thiazole rings is 1. The van der Waals surface area contributed by atoms with E-state index in [0.29, 0.717) is 23.7 Å². The zero-order valence-electron chi connectivity index (χ0n) is 14.8. The van der Waals surface area contributed by atoms with Crippen molar-refractivity contribution in [3.8, 4) is 10.6 Å². The van der Waals surface area contributed by atoms with Gasteiger partial charge in [-0.3, -0.25) is 4.79 Å². The van der Waals surface area contributed by atoms with E-state index in [9.17, 15) is 4.79 Å². The molecule has 0 aliphatic carbocycles. The molecular formula is C19H20ClN5OS. The quantitative estimate of drug-likeness (QED) is 0.706. The van der Waals surface area contributed by atoms with E-state index in [-0.39, 0.29) is 5.91 Å². The Morgan fingerprint density at radius 2 is 2.04 bits per heavy atom. The van der Waals surface area contributed by atoms with Gasteiger partial charge in [0, 0.05) is 41.9 Å². The Kier molecular flexibility index (Phi) is 5.50. The summed E-state index contributed by atoms with van der Waals surface area (Å²) in [6.07, 6.45) is 5.24. The molecule has 1 aliphatic heterocycles. The number of nitrogens with zero attached hydrogens (tertiary/aromatic N) is 4. The maximum absolute atomic E-state index is 12.4. The fourth-order valence-corrected chi connectivity index (χ4v) is 4.14. The van der Waals surface area contributed by atoms with E-state index in [1.165, 1.54) is 24.2 Å². The van der Waals surface area contributed by atoms with Gasteiger partial charge in [0.05, 0.1) is 0 Å². The third-order valence-electron chi connectivity index (χ3n) is 4.65.